The highest BCUT2D eigenvalue weighted by Gasteiger charge is 2.30. The Labute approximate surface area is 76.3 Å². The third kappa shape index (κ3) is 1.61. The third-order valence-electron chi connectivity index (χ3n) is 2.19. The first-order valence-corrected chi connectivity index (χ1v) is 4.18. The predicted molar refractivity (Wildman–Crippen MR) is 45.8 cm³/mol. The lowest BCUT2D eigenvalue weighted by Crippen LogP contribution is -2.38. The standard InChI is InChI=1S/C8H12N3O2/c12-6-4-11(5-7(6)13)8-2-1-3-9-10-8/h1-2,6-7,9-10,12-13H,4-5H2/t6-,7-/m0/s1. The molecule has 71 valence electrons. The van der Waals surface area contributed by atoms with Crippen molar-refractivity contribution in [3.63, 3.8) is 0 Å². The monoisotopic (exact) mass is 182 g/mol. The molecule has 0 bridgehead atoms. The Bertz CT molecular complexity index is 242. The quantitative estimate of drug-likeness (QED) is 0.389. The smallest absolute Gasteiger partial charge is 0.120 e. The molecule has 0 aliphatic carbocycles. The van der Waals surface area contributed by atoms with E-state index in [2.05, 4.69) is 17.1 Å². The zero-order valence-corrected chi connectivity index (χ0v) is 7.07. The number of rotatable bonds is 1. The van der Waals surface area contributed by atoms with Gasteiger partial charge in [0.1, 0.15) is 5.82 Å². The Kier molecular flexibility index (Phi) is 2.12. The maximum Gasteiger partial charge on any atom is 0.120 e. The normalized spacial score (nSPS) is 32.5. The molecule has 0 aromatic heterocycles. The molecule has 13 heavy (non-hydrogen) atoms. The van der Waals surface area contributed by atoms with Crippen molar-refractivity contribution >= 4 is 0 Å². The van der Waals surface area contributed by atoms with Crippen molar-refractivity contribution in [3.05, 3.63) is 24.2 Å². The molecule has 2 heterocycles. The van der Waals surface area contributed by atoms with Crippen molar-refractivity contribution in [2.75, 3.05) is 13.1 Å². The molecular weight excluding hydrogens is 170 g/mol. The summed E-state index contributed by atoms with van der Waals surface area (Å²) in [6.45, 7) is 0.908. The lowest BCUT2D eigenvalue weighted by molar-refractivity contribution is 0.0572. The van der Waals surface area contributed by atoms with Gasteiger partial charge < -0.3 is 15.1 Å². The van der Waals surface area contributed by atoms with E-state index in [1.165, 1.54) is 0 Å². The van der Waals surface area contributed by atoms with E-state index >= 15 is 0 Å². The van der Waals surface area contributed by atoms with Crippen LogP contribution in [-0.2, 0) is 0 Å². The zero-order chi connectivity index (χ0) is 9.26. The molecule has 2 rings (SSSR count). The summed E-state index contributed by atoms with van der Waals surface area (Å²) in [6, 6.07) is 0. The van der Waals surface area contributed by atoms with E-state index in [1.54, 1.807) is 6.08 Å². The number of hydrogen-bond acceptors (Lipinski definition) is 5. The molecule has 0 aromatic carbocycles. The number of hydrogen-bond donors (Lipinski definition) is 4. The molecule has 4 N–H and O–H groups in total. The summed E-state index contributed by atoms with van der Waals surface area (Å²) in [5.41, 5.74) is 5.59. The van der Waals surface area contributed by atoms with Crippen molar-refractivity contribution in [3.8, 4) is 0 Å². The van der Waals surface area contributed by atoms with Gasteiger partial charge in [-0.2, -0.15) is 0 Å². The van der Waals surface area contributed by atoms with Gasteiger partial charge in [0.05, 0.1) is 18.4 Å². The number of nitrogens with zero attached hydrogens (tertiary/aromatic N) is 1. The third-order valence-corrected chi connectivity index (χ3v) is 2.19. The number of allylic oxidation sites excluding steroid dienone is 2. The van der Waals surface area contributed by atoms with Crippen LogP contribution in [0.25, 0.3) is 0 Å². The van der Waals surface area contributed by atoms with Crippen LogP contribution in [0.1, 0.15) is 0 Å². The highest BCUT2D eigenvalue weighted by atomic mass is 16.3. The molecule has 2 aliphatic rings. The summed E-state index contributed by atoms with van der Waals surface area (Å²) in [5, 5.41) is 18.6. The number of aliphatic hydroxyl groups is 2. The summed E-state index contributed by atoms with van der Waals surface area (Å²) >= 11 is 0. The van der Waals surface area contributed by atoms with E-state index < -0.39 is 12.2 Å². The number of likely N-dealkylation sites (tertiary alicyclic amines) is 1. The lowest BCUT2D eigenvalue weighted by atomic mass is 10.3. The van der Waals surface area contributed by atoms with Crippen LogP contribution >= 0.6 is 0 Å². The van der Waals surface area contributed by atoms with Crippen molar-refractivity contribution in [1.82, 2.24) is 15.8 Å². The van der Waals surface area contributed by atoms with Crippen LogP contribution < -0.4 is 10.9 Å². The van der Waals surface area contributed by atoms with Crippen LogP contribution in [0.3, 0.4) is 0 Å². The van der Waals surface area contributed by atoms with Gasteiger partial charge in [-0.15, -0.1) is 0 Å². The number of β-amino-alcohol motifs (C(OH)–C–C–N with tert-alkyl or cyclic N) is 2. The molecule has 2 aliphatic heterocycles. The minimum atomic E-state index is -0.655. The maximum atomic E-state index is 9.31. The topological polar surface area (TPSA) is 67.8 Å². The van der Waals surface area contributed by atoms with E-state index in [0.29, 0.717) is 13.1 Å². The summed E-state index contributed by atoms with van der Waals surface area (Å²) in [6.07, 6.45) is 5.01. The first-order valence-electron chi connectivity index (χ1n) is 4.18. The molecular formula is C8H12N3O2. The van der Waals surface area contributed by atoms with E-state index in [-0.39, 0.29) is 0 Å². The van der Waals surface area contributed by atoms with Crippen LogP contribution in [-0.4, -0.2) is 40.4 Å². The Morgan fingerprint density at radius 1 is 1.38 bits per heavy atom. The Morgan fingerprint density at radius 2 is 2.08 bits per heavy atom. The average molecular weight is 182 g/mol. The lowest BCUT2D eigenvalue weighted by Gasteiger charge is -2.23. The van der Waals surface area contributed by atoms with Crippen molar-refractivity contribution < 1.29 is 10.2 Å². The first kappa shape index (κ1) is 8.40. The number of nitrogens with one attached hydrogen (secondary N) is 2. The summed E-state index contributed by atoms with van der Waals surface area (Å²) < 4.78 is 0. The number of hydrazine groups is 1. The Balaban J connectivity index is 2.02. The maximum absolute atomic E-state index is 9.31. The van der Waals surface area contributed by atoms with Gasteiger partial charge in [-0.05, 0) is 12.2 Å². The molecule has 0 amide bonds. The molecule has 5 heteroatoms. The van der Waals surface area contributed by atoms with Gasteiger partial charge in [-0.3, -0.25) is 10.9 Å². The predicted octanol–water partition coefficient (Wildman–Crippen LogP) is -1.71. The molecule has 1 fully saturated rings. The van der Waals surface area contributed by atoms with Gasteiger partial charge in [0.15, 0.2) is 0 Å². The fourth-order valence-electron chi connectivity index (χ4n) is 1.45. The minimum absolute atomic E-state index is 0.454. The summed E-state index contributed by atoms with van der Waals surface area (Å²) in [4.78, 5) is 1.87. The summed E-state index contributed by atoms with van der Waals surface area (Å²) in [5.74, 6) is 0.842. The van der Waals surface area contributed by atoms with E-state index in [0.717, 1.165) is 5.82 Å². The Morgan fingerprint density at radius 3 is 2.62 bits per heavy atom. The SMILES string of the molecule is O[C@H]1CN(C2=CC=[C]NN2)C[C@@H]1O. The molecule has 0 aromatic rings. The minimum Gasteiger partial charge on any atom is -0.389 e. The van der Waals surface area contributed by atoms with Gasteiger partial charge in [0.25, 0.3) is 0 Å². The second kappa shape index (κ2) is 3.27. The molecule has 0 saturated carbocycles. The Hall–Kier alpha value is -1.20. The number of aliphatic hydroxyl groups excluding tert-OH is 2. The van der Waals surface area contributed by atoms with Crippen molar-refractivity contribution in [2.24, 2.45) is 0 Å². The van der Waals surface area contributed by atoms with E-state index in [4.69, 9.17) is 0 Å². The molecule has 5 nitrogen and oxygen atoms in total. The molecule has 1 radical (unpaired) electrons. The van der Waals surface area contributed by atoms with E-state index in [1.807, 2.05) is 11.0 Å². The molecule has 0 unspecified atom stereocenters. The van der Waals surface area contributed by atoms with Gasteiger partial charge in [-0.25, -0.2) is 0 Å². The van der Waals surface area contributed by atoms with Crippen molar-refractivity contribution in [2.45, 2.75) is 12.2 Å². The van der Waals surface area contributed by atoms with Gasteiger partial charge >= 0.3 is 0 Å². The van der Waals surface area contributed by atoms with Crippen LogP contribution in [0.4, 0.5) is 0 Å². The molecule has 1 saturated heterocycles. The molecule has 0 spiro atoms. The van der Waals surface area contributed by atoms with Crippen LogP contribution in [0.15, 0.2) is 18.0 Å². The van der Waals surface area contributed by atoms with Crippen LogP contribution in [0, 0.1) is 6.20 Å². The summed E-state index contributed by atoms with van der Waals surface area (Å²) in [7, 11) is 0. The average Bonchev–Trinajstić information content (AvgIpc) is 2.49. The van der Waals surface area contributed by atoms with Crippen molar-refractivity contribution in [1.29, 1.82) is 0 Å². The van der Waals surface area contributed by atoms with Crippen LogP contribution in [0.2, 0.25) is 0 Å². The fourth-order valence-corrected chi connectivity index (χ4v) is 1.45. The highest BCUT2D eigenvalue weighted by molar-refractivity contribution is 5.13. The van der Waals surface area contributed by atoms with Gasteiger partial charge in [0.2, 0.25) is 0 Å². The fraction of sp³-hybridized carbons (Fsp3) is 0.500. The second-order valence-electron chi connectivity index (χ2n) is 3.15. The zero-order valence-electron chi connectivity index (χ0n) is 7.07. The second-order valence-corrected chi connectivity index (χ2v) is 3.15. The van der Waals surface area contributed by atoms with E-state index in [9.17, 15) is 10.2 Å². The molecule has 2 atom stereocenters. The van der Waals surface area contributed by atoms with Crippen LogP contribution in [0.5, 0.6) is 0 Å². The van der Waals surface area contributed by atoms with Gasteiger partial charge in [0, 0.05) is 13.1 Å². The largest absolute Gasteiger partial charge is 0.389 e. The van der Waals surface area contributed by atoms with Gasteiger partial charge in [-0.1, -0.05) is 0 Å². The highest BCUT2D eigenvalue weighted by Crippen LogP contribution is 2.14. The first-order chi connectivity index (χ1) is 6.27.